The molecule has 0 aliphatic heterocycles. The number of nitrogens with zero attached hydrogens (tertiary/aromatic N) is 1. The van der Waals surface area contributed by atoms with Crippen LogP contribution in [0, 0.1) is 15.9 Å². The summed E-state index contributed by atoms with van der Waals surface area (Å²) in [5.41, 5.74) is -0.0582. The molecule has 2 aromatic rings. The zero-order valence-corrected chi connectivity index (χ0v) is 12.6. The van der Waals surface area contributed by atoms with Crippen molar-refractivity contribution < 1.29 is 23.6 Å². The molecule has 0 unspecified atom stereocenters. The Hall–Kier alpha value is -3.16. The lowest BCUT2D eigenvalue weighted by atomic mass is 10.3. The molecule has 0 aliphatic rings. The van der Waals surface area contributed by atoms with Gasteiger partial charge in [-0.1, -0.05) is 12.1 Å². The molecule has 0 saturated carbocycles. The van der Waals surface area contributed by atoms with Crippen LogP contribution in [0.4, 0.5) is 10.1 Å². The Bertz CT molecular complexity index is 706. The number of carbonyl (C=O) groups excluding carboxylic acids is 1. The van der Waals surface area contributed by atoms with Crippen LogP contribution in [0.5, 0.6) is 11.5 Å². The number of nitrogens with one attached hydrogen (secondary N) is 1. The van der Waals surface area contributed by atoms with Gasteiger partial charge < -0.3 is 14.8 Å². The number of amides is 1. The Morgan fingerprint density at radius 2 is 1.83 bits per heavy atom. The van der Waals surface area contributed by atoms with Gasteiger partial charge in [0.2, 0.25) is 0 Å². The maximum absolute atomic E-state index is 13.3. The molecule has 0 bridgehead atoms. The molecule has 0 spiro atoms. The zero-order chi connectivity index (χ0) is 17.4. The van der Waals surface area contributed by atoms with Gasteiger partial charge in [0.15, 0.2) is 18.2 Å². The van der Waals surface area contributed by atoms with Crippen molar-refractivity contribution in [2.24, 2.45) is 0 Å². The van der Waals surface area contributed by atoms with Gasteiger partial charge in [-0.3, -0.25) is 14.9 Å². The van der Waals surface area contributed by atoms with Crippen LogP contribution in [-0.4, -0.2) is 30.6 Å². The van der Waals surface area contributed by atoms with Crippen molar-refractivity contribution >= 4 is 11.6 Å². The van der Waals surface area contributed by atoms with Crippen molar-refractivity contribution in [3.63, 3.8) is 0 Å². The van der Waals surface area contributed by atoms with Crippen molar-refractivity contribution in [1.29, 1.82) is 0 Å². The molecule has 0 saturated heterocycles. The number of halogens is 1. The van der Waals surface area contributed by atoms with E-state index in [1.807, 2.05) is 0 Å². The molecule has 0 radical (unpaired) electrons. The second kappa shape index (κ2) is 8.47. The van der Waals surface area contributed by atoms with Gasteiger partial charge in [-0.2, -0.15) is 0 Å². The van der Waals surface area contributed by atoms with Gasteiger partial charge in [-0.15, -0.1) is 0 Å². The van der Waals surface area contributed by atoms with Crippen LogP contribution in [0.25, 0.3) is 0 Å². The normalized spacial score (nSPS) is 10.0. The molecule has 0 heterocycles. The predicted octanol–water partition coefficient (Wildman–Crippen LogP) is 2.31. The molecule has 0 fully saturated rings. The summed E-state index contributed by atoms with van der Waals surface area (Å²) in [4.78, 5) is 21.6. The number of ether oxygens (including phenoxy) is 2. The Morgan fingerprint density at radius 3 is 2.50 bits per heavy atom. The minimum atomic E-state index is -0.522. The summed E-state index contributed by atoms with van der Waals surface area (Å²) in [6, 6.07) is 11.4. The molecule has 1 amide bonds. The third kappa shape index (κ3) is 5.24. The van der Waals surface area contributed by atoms with E-state index in [-0.39, 0.29) is 37.1 Å². The van der Waals surface area contributed by atoms with Gasteiger partial charge in [-0.25, -0.2) is 4.39 Å². The average molecular weight is 334 g/mol. The first-order chi connectivity index (χ1) is 11.6. The highest BCUT2D eigenvalue weighted by Gasteiger charge is 2.07. The Kier molecular flexibility index (Phi) is 6.07. The van der Waals surface area contributed by atoms with E-state index >= 15 is 0 Å². The summed E-state index contributed by atoms with van der Waals surface area (Å²) in [6.07, 6.45) is 0. The first kappa shape index (κ1) is 17.2. The third-order valence-corrected chi connectivity index (χ3v) is 2.94. The van der Waals surface area contributed by atoms with Crippen LogP contribution in [0.3, 0.4) is 0 Å². The Balaban J connectivity index is 1.66. The van der Waals surface area contributed by atoms with Gasteiger partial charge in [0.25, 0.3) is 11.6 Å². The lowest BCUT2D eigenvalue weighted by Crippen LogP contribution is -2.32. The van der Waals surface area contributed by atoms with Gasteiger partial charge in [0.05, 0.1) is 11.5 Å². The van der Waals surface area contributed by atoms with Crippen LogP contribution in [0.1, 0.15) is 0 Å². The molecule has 8 heteroatoms. The molecule has 0 atom stereocenters. The number of hydrogen-bond donors (Lipinski definition) is 1. The minimum Gasteiger partial charge on any atom is -0.489 e. The summed E-state index contributed by atoms with van der Waals surface area (Å²) in [7, 11) is 0. The molecule has 0 aromatic heterocycles. The van der Waals surface area contributed by atoms with Crippen molar-refractivity contribution in [1.82, 2.24) is 5.32 Å². The first-order valence-electron chi connectivity index (χ1n) is 7.07. The topological polar surface area (TPSA) is 90.7 Å². The Morgan fingerprint density at radius 1 is 1.12 bits per heavy atom. The summed E-state index contributed by atoms with van der Waals surface area (Å²) in [6.45, 7) is 0.0680. The van der Waals surface area contributed by atoms with Crippen LogP contribution >= 0.6 is 0 Å². The van der Waals surface area contributed by atoms with Gasteiger partial charge >= 0.3 is 0 Å². The van der Waals surface area contributed by atoms with E-state index in [1.165, 1.54) is 36.4 Å². The highest BCUT2D eigenvalue weighted by atomic mass is 19.1. The Labute approximate surface area is 137 Å². The largest absolute Gasteiger partial charge is 0.489 e. The first-order valence-corrected chi connectivity index (χ1v) is 7.07. The number of nitro benzene ring substituents is 1. The number of hydrogen-bond acceptors (Lipinski definition) is 5. The summed E-state index contributed by atoms with van der Waals surface area (Å²) in [5.74, 6) is -0.386. The van der Waals surface area contributed by atoms with Crippen molar-refractivity contribution in [2.45, 2.75) is 0 Å². The number of benzene rings is 2. The van der Waals surface area contributed by atoms with Crippen molar-refractivity contribution in [3.05, 3.63) is 64.5 Å². The number of non-ortho nitro benzene ring substituents is 1. The molecule has 2 rings (SSSR count). The molecular formula is C16H15FN2O5. The van der Waals surface area contributed by atoms with Crippen LogP contribution in [0.15, 0.2) is 48.5 Å². The molecule has 24 heavy (non-hydrogen) atoms. The molecule has 0 aliphatic carbocycles. The summed E-state index contributed by atoms with van der Waals surface area (Å²) < 4.78 is 23.7. The summed E-state index contributed by atoms with van der Waals surface area (Å²) >= 11 is 0. The van der Waals surface area contributed by atoms with Crippen LogP contribution in [-0.2, 0) is 4.79 Å². The van der Waals surface area contributed by atoms with E-state index in [2.05, 4.69) is 5.32 Å². The second-order valence-corrected chi connectivity index (χ2v) is 4.67. The molecule has 7 nitrogen and oxygen atoms in total. The number of rotatable bonds is 8. The monoisotopic (exact) mass is 334 g/mol. The number of nitro groups is 1. The molecule has 126 valence electrons. The van der Waals surface area contributed by atoms with E-state index < -0.39 is 10.7 Å². The van der Waals surface area contributed by atoms with Crippen molar-refractivity contribution in [3.8, 4) is 11.5 Å². The lowest BCUT2D eigenvalue weighted by molar-refractivity contribution is -0.384. The maximum Gasteiger partial charge on any atom is 0.269 e. The van der Waals surface area contributed by atoms with Crippen LogP contribution < -0.4 is 14.8 Å². The van der Waals surface area contributed by atoms with Gasteiger partial charge in [-0.05, 0) is 24.3 Å². The molecule has 2 aromatic carbocycles. The quantitative estimate of drug-likeness (QED) is 0.454. The number of para-hydroxylation sites is 1. The van der Waals surface area contributed by atoms with E-state index in [0.717, 1.165) is 0 Å². The highest BCUT2D eigenvalue weighted by molar-refractivity contribution is 5.77. The van der Waals surface area contributed by atoms with E-state index in [9.17, 15) is 19.3 Å². The van der Waals surface area contributed by atoms with Gasteiger partial charge in [0, 0.05) is 12.1 Å². The van der Waals surface area contributed by atoms with Gasteiger partial charge in [0.1, 0.15) is 12.4 Å². The maximum atomic E-state index is 13.3. The smallest absolute Gasteiger partial charge is 0.269 e. The minimum absolute atomic E-state index is 0.0582. The van der Waals surface area contributed by atoms with Crippen molar-refractivity contribution in [2.75, 3.05) is 19.8 Å². The fourth-order valence-electron chi connectivity index (χ4n) is 1.78. The molecular weight excluding hydrogens is 319 g/mol. The lowest BCUT2D eigenvalue weighted by Gasteiger charge is -2.09. The average Bonchev–Trinajstić information content (AvgIpc) is 2.58. The summed E-state index contributed by atoms with van der Waals surface area (Å²) in [5, 5.41) is 13.1. The predicted molar refractivity (Wildman–Crippen MR) is 83.5 cm³/mol. The standard InChI is InChI=1S/C16H15FN2O5/c17-14-3-1-2-4-15(14)23-10-9-18-16(20)11-24-13-7-5-12(6-8-13)19(21)22/h1-8H,9-11H2,(H,18,20). The number of carbonyl (C=O) groups is 1. The SMILES string of the molecule is O=C(COc1ccc([N+](=O)[O-])cc1)NCCOc1ccccc1F. The second-order valence-electron chi connectivity index (χ2n) is 4.67. The van der Waals surface area contributed by atoms with E-state index in [4.69, 9.17) is 9.47 Å². The van der Waals surface area contributed by atoms with E-state index in [0.29, 0.717) is 5.75 Å². The highest BCUT2D eigenvalue weighted by Crippen LogP contribution is 2.17. The van der Waals surface area contributed by atoms with E-state index in [1.54, 1.807) is 12.1 Å². The van der Waals surface area contributed by atoms with Crippen LogP contribution in [0.2, 0.25) is 0 Å². The molecule has 1 N–H and O–H groups in total. The third-order valence-electron chi connectivity index (χ3n) is 2.94. The fraction of sp³-hybridized carbons (Fsp3) is 0.188. The zero-order valence-electron chi connectivity index (χ0n) is 12.6. The fourth-order valence-corrected chi connectivity index (χ4v) is 1.78.